The van der Waals surface area contributed by atoms with Crippen LogP contribution in [0, 0.1) is 0 Å². The molecule has 0 saturated carbocycles. The lowest BCUT2D eigenvalue weighted by molar-refractivity contribution is 0.0924. The molecule has 18 heavy (non-hydrogen) atoms. The molecular formula is C11H19N5O2. The summed E-state index contributed by atoms with van der Waals surface area (Å²) in [6.45, 7) is 3.77. The van der Waals surface area contributed by atoms with Crippen molar-refractivity contribution in [3.05, 3.63) is 11.9 Å². The minimum atomic E-state index is -0.228. The molecule has 1 atom stereocenters. The van der Waals surface area contributed by atoms with Gasteiger partial charge in [0.15, 0.2) is 5.69 Å². The molecule has 2 heterocycles. The smallest absolute Gasteiger partial charge is 0.273 e. The van der Waals surface area contributed by atoms with Crippen molar-refractivity contribution >= 4 is 5.91 Å². The summed E-state index contributed by atoms with van der Waals surface area (Å²) in [5, 5.41) is 22.7. The first-order valence-electron chi connectivity index (χ1n) is 6.28. The van der Waals surface area contributed by atoms with Crippen molar-refractivity contribution in [2.75, 3.05) is 19.7 Å². The van der Waals surface area contributed by atoms with Gasteiger partial charge in [-0.2, -0.15) is 0 Å². The molecule has 0 bridgehead atoms. The SMILES string of the molecule is CCC(CCO)NC(=O)c1cn(C2CNC2)nn1. The van der Waals surface area contributed by atoms with E-state index in [-0.39, 0.29) is 18.6 Å². The van der Waals surface area contributed by atoms with Gasteiger partial charge in [0.05, 0.1) is 12.2 Å². The molecule has 1 aliphatic heterocycles. The molecule has 2 rings (SSSR count). The summed E-state index contributed by atoms with van der Waals surface area (Å²) in [5.74, 6) is -0.228. The predicted octanol–water partition coefficient (Wildman–Crippen LogP) is -0.687. The van der Waals surface area contributed by atoms with Gasteiger partial charge in [-0.1, -0.05) is 12.1 Å². The summed E-state index contributed by atoms with van der Waals surface area (Å²) < 4.78 is 1.72. The number of aliphatic hydroxyl groups excluding tert-OH is 1. The fourth-order valence-corrected chi connectivity index (χ4v) is 1.81. The van der Waals surface area contributed by atoms with Gasteiger partial charge in [-0.3, -0.25) is 4.79 Å². The maximum absolute atomic E-state index is 11.9. The van der Waals surface area contributed by atoms with Crippen LogP contribution in [-0.2, 0) is 0 Å². The highest BCUT2D eigenvalue weighted by molar-refractivity contribution is 5.92. The highest BCUT2D eigenvalue weighted by atomic mass is 16.3. The number of rotatable bonds is 6. The second-order valence-corrected chi connectivity index (χ2v) is 4.49. The molecule has 7 nitrogen and oxygen atoms in total. The van der Waals surface area contributed by atoms with Crippen molar-refractivity contribution in [1.29, 1.82) is 0 Å². The average molecular weight is 253 g/mol. The van der Waals surface area contributed by atoms with E-state index in [0.717, 1.165) is 19.5 Å². The van der Waals surface area contributed by atoms with Crippen molar-refractivity contribution in [1.82, 2.24) is 25.6 Å². The van der Waals surface area contributed by atoms with Crippen LogP contribution in [0.4, 0.5) is 0 Å². The molecular weight excluding hydrogens is 234 g/mol. The topological polar surface area (TPSA) is 92.1 Å². The van der Waals surface area contributed by atoms with E-state index in [1.807, 2.05) is 6.92 Å². The number of aliphatic hydroxyl groups is 1. The third kappa shape index (κ3) is 2.85. The summed E-state index contributed by atoms with van der Waals surface area (Å²) in [4.78, 5) is 11.9. The Morgan fingerprint density at radius 2 is 2.50 bits per heavy atom. The van der Waals surface area contributed by atoms with Crippen LogP contribution in [0.3, 0.4) is 0 Å². The number of aromatic nitrogens is 3. The first kappa shape index (κ1) is 13.0. The molecule has 1 aliphatic rings. The quantitative estimate of drug-likeness (QED) is 0.624. The second-order valence-electron chi connectivity index (χ2n) is 4.49. The second kappa shape index (κ2) is 5.92. The largest absolute Gasteiger partial charge is 0.396 e. The Morgan fingerprint density at radius 3 is 3.06 bits per heavy atom. The fraction of sp³-hybridized carbons (Fsp3) is 0.727. The molecule has 0 aromatic carbocycles. The minimum absolute atomic E-state index is 0.0157. The molecule has 1 saturated heterocycles. The minimum Gasteiger partial charge on any atom is -0.396 e. The van der Waals surface area contributed by atoms with E-state index in [2.05, 4.69) is 20.9 Å². The number of hydrogen-bond donors (Lipinski definition) is 3. The van der Waals surface area contributed by atoms with Crippen LogP contribution in [0.1, 0.15) is 36.3 Å². The van der Waals surface area contributed by atoms with E-state index in [1.54, 1.807) is 10.9 Å². The molecule has 7 heteroatoms. The fourth-order valence-electron chi connectivity index (χ4n) is 1.81. The Kier molecular flexibility index (Phi) is 4.27. The Bertz CT molecular complexity index is 402. The molecule has 1 fully saturated rings. The molecule has 1 amide bonds. The van der Waals surface area contributed by atoms with E-state index in [9.17, 15) is 4.79 Å². The standard InChI is InChI=1S/C11H19N5O2/c1-2-8(3-4-17)13-11(18)10-7-16(15-14-10)9-5-12-6-9/h7-9,12,17H,2-6H2,1H3,(H,13,18). The number of hydrogen-bond acceptors (Lipinski definition) is 5. The van der Waals surface area contributed by atoms with E-state index >= 15 is 0 Å². The molecule has 0 radical (unpaired) electrons. The Labute approximate surface area is 106 Å². The number of nitrogens with zero attached hydrogens (tertiary/aromatic N) is 3. The Balaban J connectivity index is 1.93. The van der Waals surface area contributed by atoms with Crippen LogP contribution in [0.5, 0.6) is 0 Å². The number of amides is 1. The molecule has 0 aliphatic carbocycles. The summed E-state index contributed by atoms with van der Waals surface area (Å²) in [7, 11) is 0. The molecule has 100 valence electrons. The highest BCUT2D eigenvalue weighted by Gasteiger charge is 2.22. The monoisotopic (exact) mass is 253 g/mol. The van der Waals surface area contributed by atoms with Gasteiger partial charge < -0.3 is 15.7 Å². The Hall–Kier alpha value is -1.47. The van der Waals surface area contributed by atoms with Crippen LogP contribution in [0.2, 0.25) is 0 Å². The molecule has 0 spiro atoms. The van der Waals surface area contributed by atoms with Crippen molar-refractivity contribution in [2.24, 2.45) is 0 Å². The first-order chi connectivity index (χ1) is 8.74. The lowest BCUT2D eigenvalue weighted by atomic mass is 10.1. The zero-order chi connectivity index (χ0) is 13.0. The number of carbonyl (C=O) groups is 1. The van der Waals surface area contributed by atoms with Crippen LogP contribution < -0.4 is 10.6 Å². The van der Waals surface area contributed by atoms with Crippen molar-refractivity contribution in [3.63, 3.8) is 0 Å². The van der Waals surface area contributed by atoms with Gasteiger partial charge in [-0.05, 0) is 12.8 Å². The van der Waals surface area contributed by atoms with Gasteiger partial charge in [-0.25, -0.2) is 4.68 Å². The zero-order valence-electron chi connectivity index (χ0n) is 10.5. The highest BCUT2D eigenvalue weighted by Crippen LogP contribution is 2.10. The maximum Gasteiger partial charge on any atom is 0.273 e. The molecule has 1 unspecified atom stereocenters. The molecule has 1 aromatic rings. The predicted molar refractivity (Wildman–Crippen MR) is 65.2 cm³/mol. The lowest BCUT2D eigenvalue weighted by Crippen LogP contribution is -2.43. The van der Waals surface area contributed by atoms with E-state index in [1.165, 1.54) is 0 Å². The molecule has 1 aromatic heterocycles. The van der Waals surface area contributed by atoms with Crippen molar-refractivity contribution in [3.8, 4) is 0 Å². The van der Waals surface area contributed by atoms with E-state index < -0.39 is 0 Å². The van der Waals surface area contributed by atoms with Gasteiger partial charge in [0, 0.05) is 25.7 Å². The van der Waals surface area contributed by atoms with Gasteiger partial charge in [0.1, 0.15) is 0 Å². The third-order valence-corrected chi connectivity index (χ3v) is 3.18. The summed E-state index contributed by atoms with van der Waals surface area (Å²) in [6.07, 6.45) is 3.02. The summed E-state index contributed by atoms with van der Waals surface area (Å²) in [5.41, 5.74) is 0.332. The number of nitrogens with one attached hydrogen (secondary N) is 2. The van der Waals surface area contributed by atoms with Gasteiger partial charge in [0.25, 0.3) is 5.91 Å². The van der Waals surface area contributed by atoms with Gasteiger partial charge in [0.2, 0.25) is 0 Å². The zero-order valence-corrected chi connectivity index (χ0v) is 10.5. The maximum atomic E-state index is 11.9. The van der Waals surface area contributed by atoms with Crippen molar-refractivity contribution in [2.45, 2.75) is 31.8 Å². The van der Waals surface area contributed by atoms with Gasteiger partial charge in [-0.15, -0.1) is 5.10 Å². The number of carbonyl (C=O) groups excluding carboxylic acids is 1. The van der Waals surface area contributed by atoms with E-state index in [0.29, 0.717) is 18.2 Å². The van der Waals surface area contributed by atoms with Crippen LogP contribution in [-0.4, -0.2) is 51.7 Å². The first-order valence-corrected chi connectivity index (χ1v) is 6.28. The normalized spacial score (nSPS) is 17.2. The van der Waals surface area contributed by atoms with Gasteiger partial charge >= 0.3 is 0 Å². The average Bonchev–Trinajstić information content (AvgIpc) is 2.75. The summed E-state index contributed by atoms with van der Waals surface area (Å²) in [6, 6.07) is 0.288. The third-order valence-electron chi connectivity index (χ3n) is 3.18. The van der Waals surface area contributed by atoms with Crippen LogP contribution in [0.25, 0.3) is 0 Å². The molecule has 3 N–H and O–H groups in total. The lowest BCUT2D eigenvalue weighted by Gasteiger charge is -2.26. The van der Waals surface area contributed by atoms with E-state index in [4.69, 9.17) is 5.11 Å². The van der Waals surface area contributed by atoms with Crippen LogP contribution >= 0.6 is 0 Å². The van der Waals surface area contributed by atoms with Crippen LogP contribution in [0.15, 0.2) is 6.20 Å². The Morgan fingerprint density at radius 1 is 1.72 bits per heavy atom. The van der Waals surface area contributed by atoms with Crippen molar-refractivity contribution < 1.29 is 9.90 Å². The summed E-state index contributed by atoms with van der Waals surface area (Å²) >= 11 is 0.